The third-order valence-corrected chi connectivity index (χ3v) is 3.34. The second-order valence-corrected chi connectivity index (χ2v) is 4.88. The lowest BCUT2D eigenvalue weighted by atomic mass is 10.1. The van der Waals surface area contributed by atoms with E-state index in [2.05, 4.69) is 9.98 Å². The molecule has 1 aliphatic heterocycles. The highest BCUT2D eigenvalue weighted by atomic mass is 19.4. The van der Waals surface area contributed by atoms with Crippen molar-refractivity contribution in [1.82, 2.24) is 4.98 Å². The molecule has 0 radical (unpaired) electrons. The summed E-state index contributed by atoms with van der Waals surface area (Å²) in [5.41, 5.74) is 0.814. The number of ether oxygens (including phenoxy) is 1. The van der Waals surface area contributed by atoms with Gasteiger partial charge < -0.3 is 4.74 Å². The highest BCUT2D eigenvalue weighted by molar-refractivity contribution is 5.98. The maximum atomic E-state index is 13.2. The Kier molecular flexibility index (Phi) is 3.31. The van der Waals surface area contributed by atoms with E-state index in [0.717, 1.165) is 30.8 Å². The second-order valence-electron chi connectivity index (χ2n) is 4.88. The predicted octanol–water partition coefficient (Wildman–Crippen LogP) is 4.52. The molecule has 0 unspecified atom stereocenters. The van der Waals surface area contributed by atoms with Crippen LogP contribution in [0.4, 0.5) is 18.9 Å². The summed E-state index contributed by atoms with van der Waals surface area (Å²) in [5.74, 6) is 0.174. The molecule has 0 spiro atoms. The van der Waals surface area contributed by atoms with Crippen LogP contribution in [0.5, 0.6) is 5.75 Å². The van der Waals surface area contributed by atoms with Gasteiger partial charge in [0.05, 0.1) is 22.2 Å². The number of benzene rings is 1. The van der Waals surface area contributed by atoms with E-state index < -0.39 is 11.7 Å². The Balaban J connectivity index is 2.24. The van der Waals surface area contributed by atoms with Gasteiger partial charge in [0.1, 0.15) is 12.3 Å². The van der Waals surface area contributed by atoms with Crippen LogP contribution in [0, 0.1) is 0 Å². The largest absolute Gasteiger partial charge is 0.485 e. The number of nitrogens with zero attached hydrogens (tertiary/aromatic N) is 2. The minimum Gasteiger partial charge on any atom is -0.485 e. The fraction of sp³-hybridized carbons (Fsp3) is 0.333. The highest BCUT2D eigenvalue weighted by Gasteiger charge is 2.35. The quantitative estimate of drug-likeness (QED) is 0.816. The lowest BCUT2D eigenvalue weighted by Gasteiger charge is -2.20. The average Bonchev–Trinajstić information content (AvgIpc) is 2.45. The van der Waals surface area contributed by atoms with Crippen molar-refractivity contribution < 1.29 is 17.9 Å². The number of pyridine rings is 1. The fourth-order valence-electron chi connectivity index (χ4n) is 2.45. The number of hydrogen-bond donors (Lipinski definition) is 0. The number of aliphatic imine (C=N–C) groups is 1. The van der Waals surface area contributed by atoms with Gasteiger partial charge in [-0.05, 0) is 24.6 Å². The predicted molar refractivity (Wildman–Crippen MR) is 74.2 cm³/mol. The van der Waals surface area contributed by atoms with E-state index in [1.54, 1.807) is 12.1 Å². The van der Waals surface area contributed by atoms with Crippen LogP contribution >= 0.6 is 0 Å². The molecule has 1 aromatic carbocycles. The van der Waals surface area contributed by atoms with Crippen LogP contribution in [-0.2, 0) is 6.18 Å². The molecule has 0 saturated heterocycles. The summed E-state index contributed by atoms with van der Waals surface area (Å²) in [6.45, 7) is 2.25. The molecule has 0 atom stereocenters. The SMILES string of the molecule is CCCC1=Nc2ccc3nccc(C(F)(F)F)c3c2OC1. The molecule has 1 aromatic heterocycles. The molecule has 3 rings (SSSR count). The number of alkyl halides is 3. The number of fused-ring (bicyclic) bond motifs is 3. The Morgan fingerprint density at radius 1 is 1.24 bits per heavy atom. The molecule has 2 aromatic rings. The first-order valence-corrected chi connectivity index (χ1v) is 6.69. The van der Waals surface area contributed by atoms with Gasteiger partial charge >= 0.3 is 6.18 Å². The van der Waals surface area contributed by atoms with E-state index >= 15 is 0 Å². The number of hydrogen-bond acceptors (Lipinski definition) is 3. The third-order valence-electron chi connectivity index (χ3n) is 3.34. The smallest absolute Gasteiger partial charge is 0.417 e. The van der Waals surface area contributed by atoms with Crippen LogP contribution in [0.1, 0.15) is 25.3 Å². The molecule has 0 N–H and O–H groups in total. The number of aromatic nitrogens is 1. The fourth-order valence-corrected chi connectivity index (χ4v) is 2.45. The third kappa shape index (κ3) is 2.46. The molecule has 0 fully saturated rings. The van der Waals surface area contributed by atoms with Crippen LogP contribution < -0.4 is 4.74 Å². The van der Waals surface area contributed by atoms with Crippen molar-refractivity contribution >= 4 is 22.3 Å². The molecule has 1 aliphatic rings. The van der Waals surface area contributed by atoms with Crippen molar-refractivity contribution in [2.45, 2.75) is 25.9 Å². The molecule has 0 saturated carbocycles. The summed E-state index contributed by atoms with van der Waals surface area (Å²) in [6.07, 6.45) is -1.60. The zero-order valence-corrected chi connectivity index (χ0v) is 11.4. The van der Waals surface area contributed by atoms with Crippen LogP contribution in [0.3, 0.4) is 0 Å². The Morgan fingerprint density at radius 2 is 2.05 bits per heavy atom. The molecular formula is C15H13F3N2O. The van der Waals surface area contributed by atoms with E-state index in [1.165, 1.54) is 0 Å². The normalized spacial score (nSPS) is 14.6. The molecule has 2 heterocycles. The lowest BCUT2D eigenvalue weighted by molar-refractivity contribution is -0.136. The Hall–Kier alpha value is -2.11. The Bertz CT molecular complexity index is 723. The number of halogens is 3. The molecule has 6 heteroatoms. The molecule has 0 bridgehead atoms. The van der Waals surface area contributed by atoms with E-state index in [0.29, 0.717) is 5.69 Å². The van der Waals surface area contributed by atoms with E-state index in [1.807, 2.05) is 6.92 Å². The highest BCUT2D eigenvalue weighted by Crippen LogP contribution is 2.43. The summed E-state index contributed by atoms with van der Waals surface area (Å²) < 4.78 is 45.1. The van der Waals surface area contributed by atoms with Crippen LogP contribution in [0.25, 0.3) is 10.9 Å². The maximum absolute atomic E-state index is 13.2. The van der Waals surface area contributed by atoms with Crippen LogP contribution in [0.2, 0.25) is 0 Å². The van der Waals surface area contributed by atoms with Gasteiger partial charge in [0, 0.05) is 6.20 Å². The first-order valence-electron chi connectivity index (χ1n) is 6.69. The van der Waals surface area contributed by atoms with Gasteiger partial charge in [0.15, 0.2) is 5.75 Å². The minimum absolute atomic E-state index is 0.0122. The topological polar surface area (TPSA) is 34.5 Å². The van der Waals surface area contributed by atoms with Gasteiger partial charge in [-0.25, -0.2) is 0 Å². The van der Waals surface area contributed by atoms with E-state index in [9.17, 15) is 13.2 Å². The van der Waals surface area contributed by atoms with Gasteiger partial charge in [-0.2, -0.15) is 13.2 Å². The summed E-state index contributed by atoms with van der Waals surface area (Å²) in [4.78, 5) is 8.40. The van der Waals surface area contributed by atoms with Crippen molar-refractivity contribution in [3.8, 4) is 5.75 Å². The molecular weight excluding hydrogens is 281 g/mol. The molecule has 0 aliphatic carbocycles. The first kappa shape index (κ1) is 13.9. The molecule has 0 amide bonds. The van der Waals surface area contributed by atoms with Gasteiger partial charge in [0.25, 0.3) is 0 Å². The van der Waals surface area contributed by atoms with Crippen LogP contribution in [0.15, 0.2) is 29.4 Å². The molecule has 3 nitrogen and oxygen atoms in total. The van der Waals surface area contributed by atoms with E-state index in [4.69, 9.17) is 4.74 Å². The van der Waals surface area contributed by atoms with Gasteiger partial charge in [-0.3, -0.25) is 9.98 Å². The summed E-state index contributed by atoms with van der Waals surface area (Å²) in [6, 6.07) is 4.17. The summed E-state index contributed by atoms with van der Waals surface area (Å²) in [5, 5.41) is -0.0122. The van der Waals surface area contributed by atoms with Gasteiger partial charge in [-0.15, -0.1) is 0 Å². The monoisotopic (exact) mass is 294 g/mol. The average molecular weight is 294 g/mol. The second kappa shape index (κ2) is 5.02. The zero-order chi connectivity index (χ0) is 15.0. The van der Waals surface area contributed by atoms with Crippen molar-refractivity contribution in [2.75, 3.05) is 6.61 Å². The van der Waals surface area contributed by atoms with Crippen molar-refractivity contribution in [1.29, 1.82) is 0 Å². The first-order chi connectivity index (χ1) is 10.0. The van der Waals surface area contributed by atoms with Crippen molar-refractivity contribution in [2.24, 2.45) is 4.99 Å². The van der Waals surface area contributed by atoms with Crippen molar-refractivity contribution in [3.63, 3.8) is 0 Å². The Labute approximate surface area is 119 Å². The Morgan fingerprint density at radius 3 is 2.76 bits per heavy atom. The molecule has 21 heavy (non-hydrogen) atoms. The van der Waals surface area contributed by atoms with Crippen molar-refractivity contribution in [3.05, 3.63) is 30.0 Å². The maximum Gasteiger partial charge on any atom is 0.417 e. The molecule has 110 valence electrons. The minimum atomic E-state index is -4.45. The van der Waals surface area contributed by atoms with Gasteiger partial charge in [-0.1, -0.05) is 13.3 Å². The number of rotatable bonds is 2. The van der Waals surface area contributed by atoms with E-state index in [-0.39, 0.29) is 23.3 Å². The summed E-state index contributed by atoms with van der Waals surface area (Å²) >= 11 is 0. The van der Waals surface area contributed by atoms with Gasteiger partial charge in [0.2, 0.25) is 0 Å². The summed E-state index contributed by atoms with van der Waals surface area (Å²) in [7, 11) is 0. The standard InChI is InChI=1S/C15H13F3N2O/c1-2-3-9-8-21-14-12(20-9)5-4-11-13(14)10(6-7-19-11)15(16,17)18/h4-7H,2-3,8H2,1H3. The van der Waals surface area contributed by atoms with Crippen LogP contribution in [-0.4, -0.2) is 17.3 Å². The zero-order valence-electron chi connectivity index (χ0n) is 11.4. The lowest BCUT2D eigenvalue weighted by Crippen LogP contribution is -2.16.